The molecule has 8 aromatic carbocycles. The maximum Gasteiger partial charge on any atom is 0.338 e. The zero-order valence-corrected chi connectivity index (χ0v) is 40.7. The second-order valence-corrected chi connectivity index (χ2v) is 18.9. The lowest BCUT2D eigenvalue weighted by molar-refractivity contribution is 0.00570. The first kappa shape index (κ1) is 46.6. The molecule has 10 nitrogen and oxygen atoms in total. The van der Waals surface area contributed by atoms with E-state index in [0.717, 1.165) is 78.4 Å². The summed E-state index contributed by atoms with van der Waals surface area (Å²) in [6.45, 7) is 11.2. The summed E-state index contributed by atoms with van der Waals surface area (Å²) in [5, 5.41) is 0. The molecule has 12 aromatic rings. The average molecular weight is 929 g/mol. The van der Waals surface area contributed by atoms with E-state index in [-0.39, 0.29) is 11.9 Å². The van der Waals surface area contributed by atoms with Gasteiger partial charge in [-0.25, -0.2) is 9.59 Å². The van der Waals surface area contributed by atoms with E-state index >= 15 is 0 Å². The number of nitrogens with zero attached hydrogens (tertiary/aromatic N) is 4. The molecular weight excluding hydrogens is 873 g/mol. The van der Waals surface area contributed by atoms with Crippen LogP contribution in [0.4, 0.5) is 0 Å². The number of hydrogen-bond donors (Lipinski definition) is 0. The van der Waals surface area contributed by atoms with Gasteiger partial charge in [0, 0.05) is 66.9 Å². The van der Waals surface area contributed by atoms with Crippen LogP contribution < -0.4 is 9.47 Å². The minimum Gasteiger partial charge on any atom is -0.497 e. The second kappa shape index (κ2) is 19.2. The van der Waals surface area contributed by atoms with Crippen molar-refractivity contribution in [2.45, 2.75) is 52.7 Å². The highest BCUT2D eigenvalue weighted by Gasteiger charge is 2.19. The number of carbonyl (C=O) groups is 2. The first-order chi connectivity index (χ1) is 33.6. The van der Waals surface area contributed by atoms with Gasteiger partial charge in [-0.2, -0.15) is 0 Å². The highest BCUT2D eigenvalue weighted by Crippen LogP contribution is 2.28. The van der Waals surface area contributed by atoms with Crippen molar-refractivity contribution < 1.29 is 28.5 Å². The number of esters is 2. The van der Waals surface area contributed by atoms with E-state index in [1.807, 2.05) is 96.1 Å². The van der Waals surface area contributed by atoms with Crippen LogP contribution in [0.1, 0.15) is 62.3 Å². The average Bonchev–Trinajstić information content (AvgIpc) is 3.35. The lowest BCUT2D eigenvalue weighted by Gasteiger charge is -2.20. The van der Waals surface area contributed by atoms with Crippen molar-refractivity contribution in [3.63, 3.8) is 0 Å². The summed E-state index contributed by atoms with van der Waals surface area (Å²) in [5.74, 6) is 0.740. The Hall–Kier alpha value is -8.50. The van der Waals surface area contributed by atoms with E-state index in [1.54, 1.807) is 38.5 Å². The summed E-state index contributed by atoms with van der Waals surface area (Å²) < 4.78 is 31.4. The van der Waals surface area contributed by atoms with Crippen molar-refractivity contribution in [3.05, 3.63) is 205 Å². The van der Waals surface area contributed by atoms with E-state index in [0.29, 0.717) is 11.1 Å². The maximum absolute atomic E-state index is 13.2. The van der Waals surface area contributed by atoms with Gasteiger partial charge in [0.1, 0.15) is 22.7 Å². The van der Waals surface area contributed by atoms with E-state index in [4.69, 9.17) is 18.9 Å². The normalized spacial score (nSPS) is 11.5. The van der Waals surface area contributed by atoms with Gasteiger partial charge in [0.2, 0.25) is 0 Å². The van der Waals surface area contributed by atoms with Crippen molar-refractivity contribution in [3.8, 4) is 34.2 Å². The van der Waals surface area contributed by atoms with Gasteiger partial charge in [-0.15, -0.1) is 0 Å². The van der Waals surface area contributed by atoms with Crippen LogP contribution in [0.3, 0.4) is 0 Å². The smallest absolute Gasteiger partial charge is 0.338 e. The minimum absolute atomic E-state index is 0.390. The molecule has 0 atom stereocenters. The Kier molecular flexibility index (Phi) is 12.8. The molecule has 0 N–H and O–H groups in total. The first-order valence-corrected chi connectivity index (χ1v) is 23.2. The van der Waals surface area contributed by atoms with E-state index in [1.165, 1.54) is 0 Å². The molecule has 0 aliphatic carbocycles. The summed E-state index contributed by atoms with van der Waals surface area (Å²) in [6, 6.07) is 64.9. The Morgan fingerprint density at radius 3 is 0.800 bits per heavy atom. The Morgan fingerprint density at radius 2 is 0.571 bits per heavy atom. The summed E-state index contributed by atoms with van der Waals surface area (Å²) in [6.07, 6.45) is 0. The van der Waals surface area contributed by atoms with Crippen molar-refractivity contribution in [2.24, 2.45) is 0 Å². The summed E-state index contributed by atoms with van der Waals surface area (Å²) in [5.41, 5.74) is 10.5. The molecule has 10 heteroatoms. The van der Waals surface area contributed by atoms with Crippen molar-refractivity contribution in [1.82, 2.24) is 18.3 Å². The number of methoxy groups -OCH3 is 2. The Bertz CT molecular complexity index is 3270. The molecule has 0 spiro atoms. The molecule has 352 valence electrons. The molecule has 4 heterocycles. The molecule has 70 heavy (non-hydrogen) atoms. The van der Waals surface area contributed by atoms with Crippen molar-refractivity contribution >= 4 is 56.1 Å². The van der Waals surface area contributed by atoms with Crippen LogP contribution in [0.15, 0.2) is 194 Å². The number of aromatic nitrogens is 4. The highest BCUT2D eigenvalue weighted by atomic mass is 16.6. The lowest BCUT2D eigenvalue weighted by Crippen LogP contribution is -2.23. The van der Waals surface area contributed by atoms with Crippen LogP contribution in [0.5, 0.6) is 11.5 Å². The molecule has 0 saturated carbocycles. The fraction of sp³-hybridized carbons (Fsp3) is 0.167. The Labute approximate surface area is 407 Å². The zero-order valence-electron chi connectivity index (χ0n) is 40.7. The summed E-state index contributed by atoms with van der Waals surface area (Å²) in [7, 11) is 3.34. The predicted octanol–water partition coefficient (Wildman–Crippen LogP) is 14.2. The van der Waals surface area contributed by atoms with E-state index in [9.17, 15) is 9.59 Å². The fourth-order valence-corrected chi connectivity index (χ4v) is 8.46. The highest BCUT2D eigenvalue weighted by molar-refractivity contribution is 5.91. The predicted molar refractivity (Wildman–Crippen MR) is 281 cm³/mol. The quantitative estimate of drug-likeness (QED) is 0.141. The third-order valence-corrected chi connectivity index (χ3v) is 11.6. The van der Waals surface area contributed by atoms with Gasteiger partial charge in [0.05, 0.1) is 25.3 Å². The van der Waals surface area contributed by atoms with Gasteiger partial charge in [-0.05, 0) is 224 Å². The number of ether oxygens (including phenoxy) is 4. The Balaban J connectivity index is 1.39. The van der Waals surface area contributed by atoms with Gasteiger partial charge >= 0.3 is 11.9 Å². The van der Waals surface area contributed by atoms with Crippen LogP contribution in [0, 0.1) is 0 Å². The minimum atomic E-state index is -0.637. The first-order valence-electron chi connectivity index (χ1n) is 23.2. The molecule has 0 amide bonds. The fourth-order valence-electron chi connectivity index (χ4n) is 8.46. The second-order valence-electron chi connectivity index (χ2n) is 18.9. The van der Waals surface area contributed by atoms with E-state index < -0.39 is 11.2 Å². The van der Waals surface area contributed by atoms with Crippen LogP contribution >= 0.6 is 0 Å². The van der Waals surface area contributed by atoms with Crippen LogP contribution in [-0.4, -0.2) is 55.6 Å². The van der Waals surface area contributed by atoms with Crippen LogP contribution in [-0.2, 0) is 9.47 Å². The third-order valence-electron chi connectivity index (χ3n) is 11.6. The molecule has 0 aliphatic heterocycles. The number of rotatable bonds is 8. The van der Waals surface area contributed by atoms with Crippen molar-refractivity contribution in [1.29, 1.82) is 0 Å². The summed E-state index contributed by atoms with van der Waals surface area (Å²) >= 11 is 0. The van der Waals surface area contributed by atoms with Crippen LogP contribution in [0.25, 0.3) is 66.9 Å². The van der Waals surface area contributed by atoms with Crippen molar-refractivity contribution in [2.75, 3.05) is 14.2 Å². The van der Waals surface area contributed by atoms with Gasteiger partial charge in [-0.1, -0.05) is 12.1 Å². The largest absolute Gasteiger partial charge is 0.497 e. The van der Waals surface area contributed by atoms with Gasteiger partial charge in [0.25, 0.3) is 0 Å². The monoisotopic (exact) mass is 928 g/mol. The summed E-state index contributed by atoms with van der Waals surface area (Å²) in [4.78, 5) is 26.4. The van der Waals surface area contributed by atoms with E-state index in [2.05, 4.69) is 134 Å². The number of benzene rings is 8. The molecule has 0 aliphatic rings. The van der Waals surface area contributed by atoms with Gasteiger partial charge in [-0.3, -0.25) is 0 Å². The molecule has 0 saturated heterocycles. The Morgan fingerprint density at radius 1 is 0.329 bits per heavy atom. The molecule has 4 aromatic heterocycles. The third kappa shape index (κ3) is 10.2. The molecular formula is C60H56N4O6. The standard InChI is InChI=1S/C60H56N4O6/c1-59(2,3)69-57(65)41-15-19-43(20-16-41)61-45-23-27-47(28-24-45)63(49-31-35-55(67-7)36-32-49)53-13-10-14-54(40-53)64(50-33-37-56(68-8)38-34-50)48-29-25-46(26-30-48)62(52-12-9-11-51(61)39-52)44-21-17-42(18-22-44)58(66)70-60(4,5)6/h9-40H,1-8H3. The number of carbonyl (C=O) groups excluding carboxylic acids is 2. The lowest BCUT2D eigenvalue weighted by atomic mass is 10.1. The van der Waals surface area contributed by atoms with Gasteiger partial charge in [0.15, 0.2) is 0 Å². The molecule has 0 radical (unpaired) electrons. The zero-order chi connectivity index (χ0) is 49.2. The SMILES string of the molecule is COc1ccc(-n2c3ccc(cc3)n(-c3ccc(C(=O)OC(C)(C)C)cc3)c3cccc(c3)n(-c3ccc(C(=O)OC(C)(C)C)cc3)c3ccc(cc3)n(-c3ccc(OC)cc3)c3cccc2c3)cc1. The molecule has 0 unspecified atom stereocenters. The molecule has 12 rings (SSSR count). The topological polar surface area (TPSA) is 90.8 Å². The van der Waals surface area contributed by atoms with Gasteiger partial charge < -0.3 is 37.2 Å². The molecule has 8 bridgehead atoms. The van der Waals surface area contributed by atoms with Crippen LogP contribution in [0.2, 0.25) is 0 Å². The maximum atomic E-state index is 13.2. The number of hydrogen-bond acceptors (Lipinski definition) is 6. The molecule has 0 fully saturated rings.